The van der Waals surface area contributed by atoms with Crippen molar-refractivity contribution in [3.63, 3.8) is 0 Å². The Bertz CT molecular complexity index is 951. The lowest BCUT2D eigenvalue weighted by Gasteiger charge is -2.42. The molecule has 30 heavy (non-hydrogen) atoms. The van der Waals surface area contributed by atoms with Crippen molar-refractivity contribution in [3.8, 4) is 0 Å². The van der Waals surface area contributed by atoms with E-state index in [1.807, 2.05) is 31.2 Å². The van der Waals surface area contributed by atoms with Gasteiger partial charge in [-0.3, -0.25) is 9.78 Å². The first-order valence-electron chi connectivity index (χ1n) is 9.63. The standard InChI is InChI=1S/C23H26N2O5/c1-14-7-9-16(10-8-14)25-17-12-23(2,28)20(22(27)30-4)18(19(17)21(26)29-3)15-6-5-11-24-13-15/h5-11,13,18,20,25,28H,12H2,1-4H3. The molecule has 0 radical (unpaired) electrons. The highest BCUT2D eigenvalue weighted by Gasteiger charge is 2.52. The number of rotatable bonds is 5. The van der Waals surface area contributed by atoms with E-state index in [9.17, 15) is 14.7 Å². The summed E-state index contributed by atoms with van der Waals surface area (Å²) in [5.74, 6) is -2.99. The molecule has 1 aliphatic carbocycles. The lowest BCUT2D eigenvalue weighted by Crippen LogP contribution is -2.49. The maximum absolute atomic E-state index is 12.9. The van der Waals surface area contributed by atoms with Crippen molar-refractivity contribution < 1.29 is 24.2 Å². The Labute approximate surface area is 175 Å². The average molecular weight is 410 g/mol. The molecule has 2 aromatic rings. The van der Waals surface area contributed by atoms with Gasteiger partial charge in [-0.2, -0.15) is 0 Å². The molecule has 158 valence electrons. The number of carbonyl (C=O) groups is 2. The number of hydrogen-bond acceptors (Lipinski definition) is 7. The number of aliphatic hydroxyl groups is 1. The van der Waals surface area contributed by atoms with Crippen molar-refractivity contribution in [2.45, 2.75) is 31.8 Å². The molecule has 0 fully saturated rings. The molecule has 0 bridgehead atoms. The van der Waals surface area contributed by atoms with Crippen molar-refractivity contribution in [3.05, 3.63) is 71.2 Å². The molecule has 3 unspecified atom stereocenters. The predicted molar refractivity (Wildman–Crippen MR) is 112 cm³/mol. The van der Waals surface area contributed by atoms with Crippen LogP contribution in [0.4, 0.5) is 5.69 Å². The first-order chi connectivity index (χ1) is 14.3. The van der Waals surface area contributed by atoms with Gasteiger partial charge in [0.1, 0.15) is 0 Å². The molecule has 7 nitrogen and oxygen atoms in total. The second kappa shape index (κ2) is 8.67. The fourth-order valence-electron chi connectivity index (χ4n) is 4.00. The van der Waals surface area contributed by atoms with E-state index in [-0.39, 0.29) is 12.0 Å². The molecular weight excluding hydrogens is 384 g/mol. The van der Waals surface area contributed by atoms with Crippen LogP contribution >= 0.6 is 0 Å². The lowest BCUT2D eigenvalue weighted by molar-refractivity contribution is -0.157. The minimum absolute atomic E-state index is 0.0435. The zero-order valence-corrected chi connectivity index (χ0v) is 17.5. The number of pyridine rings is 1. The summed E-state index contributed by atoms with van der Waals surface area (Å²) in [6.07, 6.45) is 3.22. The molecule has 3 atom stereocenters. The van der Waals surface area contributed by atoms with Crippen LogP contribution in [0, 0.1) is 12.8 Å². The molecule has 0 saturated carbocycles. The van der Waals surface area contributed by atoms with Crippen molar-refractivity contribution >= 4 is 17.6 Å². The number of benzene rings is 1. The molecule has 2 N–H and O–H groups in total. The van der Waals surface area contributed by atoms with E-state index in [1.165, 1.54) is 14.2 Å². The number of aryl methyl sites for hydroxylation is 1. The van der Waals surface area contributed by atoms with Crippen LogP contribution in [0.15, 0.2) is 60.1 Å². The van der Waals surface area contributed by atoms with Crippen LogP contribution < -0.4 is 5.32 Å². The molecule has 1 aromatic heterocycles. The quantitative estimate of drug-likeness (QED) is 0.732. The molecule has 1 aliphatic rings. The molecule has 3 rings (SSSR count). The van der Waals surface area contributed by atoms with E-state index in [0.29, 0.717) is 11.3 Å². The van der Waals surface area contributed by atoms with Crippen LogP contribution in [0.1, 0.15) is 30.4 Å². The Balaban J connectivity index is 2.22. The van der Waals surface area contributed by atoms with Gasteiger partial charge in [-0.15, -0.1) is 0 Å². The summed E-state index contributed by atoms with van der Waals surface area (Å²) >= 11 is 0. The van der Waals surface area contributed by atoms with Gasteiger partial charge in [-0.1, -0.05) is 23.8 Å². The first-order valence-corrected chi connectivity index (χ1v) is 9.63. The van der Waals surface area contributed by atoms with Crippen molar-refractivity contribution in [2.75, 3.05) is 19.5 Å². The van der Waals surface area contributed by atoms with Gasteiger partial charge in [0.15, 0.2) is 0 Å². The summed E-state index contributed by atoms with van der Waals surface area (Å²) in [4.78, 5) is 29.8. The van der Waals surface area contributed by atoms with E-state index < -0.39 is 29.4 Å². The summed E-state index contributed by atoms with van der Waals surface area (Å²) < 4.78 is 10.1. The lowest BCUT2D eigenvalue weighted by atomic mass is 9.66. The van der Waals surface area contributed by atoms with Gasteiger partial charge in [-0.25, -0.2) is 4.79 Å². The number of esters is 2. The Morgan fingerprint density at radius 1 is 1.17 bits per heavy atom. The monoisotopic (exact) mass is 410 g/mol. The van der Waals surface area contributed by atoms with Crippen LogP contribution in [0.25, 0.3) is 0 Å². The zero-order valence-electron chi connectivity index (χ0n) is 17.5. The van der Waals surface area contributed by atoms with Crippen LogP contribution in [-0.2, 0) is 19.1 Å². The van der Waals surface area contributed by atoms with Gasteiger partial charge < -0.3 is 19.9 Å². The smallest absolute Gasteiger partial charge is 0.336 e. The molecule has 7 heteroatoms. The van der Waals surface area contributed by atoms with Gasteiger partial charge in [0.2, 0.25) is 0 Å². The van der Waals surface area contributed by atoms with Crippen LogP contribution in [0.5, 0.6) is 0 Å². The highest BCUT2D eigenvalue weighted by Crippen LogP contribution is 2.47. The number of nitrogens with zero attached hydrogens (tertiary/aromatic N) is 1. The SMILES string of the molecule is COC(=O)C1=C(Nc2ccc(C)cc2)CC(C)(O)C(C(=O)OC)C1c1cccnc1. The number of hydrogen-bond donors (Lipinski definition) is 2. The minimum Gasteiger partial charge on any atom is -0.469 e. The first kappa shape index (κ1) is 21.5. The maximum atomic E-state index is 12.9. The molecule has 0 amide bonds. The Morgan fingerprint density at radius 2 is 1.87 bits per heavy atom. The predicted octanol–water partition coefficient (Wildman–Crippen LogP) is 2.96. The van der Waals surface area contributed by atoms with E-state index in [2.05, 4.69) is 10.3 Å². The molecule has 0 saturated heterocycles. The van der Waals surface area contributed by atoms with Gasteiger partial charge >= 0.3 is 11.9 Å². The topological polar surface area (TPSA) is 97.8 Å². The third kappa shape index (κ3) is 4.21. The van der Waals surface area contributed by atoms with Crippen LogP contribution in [0.3, 0.4) is 0 Å². The van der Waals surface area contributed by atoms with Gasteiger partial charge in [0.05, 0.1) is 31.3 Å². The summed E-state index contributed by atoms with van der Waals surface area (Å²) in [5, 5.41) is 14.5. The van der Waals surface area contributed by atoms with Gasteiger partial charge in [0.25, 0.3) is 0 Å². The molecule has 1 aromatic carbocycles. The van der Waals surface area contributed by atoms with E-state index >= 15 is 0 Å². The Kier molecular flexibility index (Phi) is 6.22. The van der Waals surface area contributed by atoms with E-state index in [1.54, 1.807) is 31.5 Å². The van der Waals surface area contributed by atoms with Crippen LogP contribution in [0.2, 0.25) is 0 Å². The van der Waals surface area contributed by atoms with E-state index in [0.717, 1.165) is 11.3 Å². The third-order valence-corrected chi connectivity index (χ3v) is 5.42. The summed E-state index contributed by atoms with van der Waals surface area (Å²) in [5.41, 5.74) is 1.75. The summed E-state index contributed by atoms with van der Waals surface area (Å²) in [6.45, 7) is 3.55. The van der Waals surface area contributed by atoms with Crippen molar-refractivity contribution in [1.82, 2.24) is 4.98 Å². The van der Waals surface area contributed by atoms with Gasteiger partial charge in [0, 0.05) is 36.1 Å². The maximum Gasteiger partial charge on any atom is 0.336 e. The number of aromatic nitrogens is 1. The Morgan fingerprint density at radius 3 is 2.43 bits per heavy atom. The fourth-order valence-corrected chi connectivity index (χ4v) is 4.00. The second-order valence-electron chi connectivity index (χ2n) is 7.67. The van der Waals surface area contributed by atoms with Crippen LogP contribution in [-0.4, -0.2) is 41.8 Å². The van der Waals surface area contributed by atoms with Crippen molar-refractivity contribution in [1.29, 1.82) is 0 Å². The van der Waals surface area contributed by atoms with Crippen molar-refractivity contribution in [2.24, 2.45) is 5.92 Å². The number of ether oxygens (including phenoxy) is 2. The van der Waals surface area contributed by atoms with Gasteiger partial charge in [-0.05, 0) is 37.6 Å². The number of nitrogens with one attached hydrogen (secondary N) is 1. The van der Waals surface area contributed by atoms with E-state index in [4.69, 9.17) is 9.47 Å². The third-order valence-electron chi connectivity index (χ3n) is 5.42. The minimum atomic E-state index is -1.47. The number of carbonyl (C=O) groups excluding carboxylic acids is 2. The second-order valence-corrected chi connectivity index (χ2v) is 7.67. The highest BCUT2D eigenvalue weighted by molar-refractivity contribution is 5.94. The highest BCUT2D eigenvalue weighted by atomic mass is 16.5. The normalized spacial score (nSPS) is 23.6. The molecule has 0 aliphatic heterocycles. The summed E-state index contributed by atoms with van der Waals surface area (Å²) in [6, 6.07) is 11.1. The summed E-state index contributed by atoms with van der Waals surface area (Å²) in [7, 11) is 2.55. The fraction of sp³-hybridized carbons (Fsp3) is 0.348. The average Bonchev–Trinajstić information content (AvgIpc) is 2.74. The molecule has 0 spiro atoms. The molecular formula is C23H26N2O5. The Hall–Kier alpha value is -3.19. The number of anilines is 1. The zero-order chi connectivity index (χ0) is 21.9. The largest absolute Gasteiger partial charge is 0.469 e. The molecule has 1 heterocycles. The number of methoxy groups -OCH3 is 2.